The third-order valence-corrected chi connectivity index (χ3v) is 7.23. The monoisotopic (exact) mass is 550 g/mol. The van der Waals surface area contributed by atoms with Gasteiger partial charge in [-0.2, -0.15) is 0 Å². The number of pyridine rings is 1. The Morgan fingerprint density at radius 2 is 1.95 bits per heavy atom. The van der Waals surface area contributed by atoms with Crippen LogP contribution in [0, 0.1) is 24.7 Å². The first kappa shape index (κ1) is 27.7. The number of nitrogens with zero attached hydrogens (tertiary/aromatic N) is 5. The minimum Gasteiger partial charge on any atom is -0.493 e. The third kappa shape index (κ3) is 5.59. The number of benzene rings is 1. The number of ether oxygens (including phenoxy) is 2. The molecule has 9 nitrogen and oxygen atoms in total. The molecule has 1 fully saturated rings. The van der Waals surface area contributed by atoms with Gasteiger partial charge in [0.2, 0.25) is 11.8 Å². The number of amides is 1. The van der Waals surface area contributed by atoms with Crippen molar-refractivity contribution in [2.45, 2.75) is 39.7 Å². The molecule has 0 saturated carbocycles. The number of anilines is 1. The van der Waals surface area contributed by atoms with E-state index in [2.05, 4.69) is 51.8 Å². The Morgan fingerprint density at radius 3 is 2.63 bits per heavy atom. The van der Waals surface area contributed by atoms with E-state index in [9.17, 15) is 4.79 Å². The van der Waals surface area contributed by atoms with Crippen molar-refractivity contribution in [2.75, 3.05) is 25.9 Å². The number of hydrogen-bond acceptors (Lipinski definition) is 7. The van der Waals surface area contributed by atoms with Crippen LogP contribution in [0.2, 0.25) is 0 Å². The van der Waals surface area contributed by atoms with Crippen molar-refractivity contribution in [3.63, 3.8) is 0 Å². The molecule has 5 rings (SSSR count). The lowest BCUT2D eigenvalue weighted by Gasteiger charge is -2.28. The third-order valence-electron chi connectivity index (χ3n) is 7.23. The molecule has 0 atom stereocenters. The number of aryl methyl sites for hydroxylation is 1. The van der Waals surface area contributed by atoms with Crippen LogP contribution in [0.3, 0.4) is 0 Å². The maximum atomic E-state index is 12.0. The van der Waals surface area contributed by atoms with E-state index in [0.29, 0.717) is 36.3 Å². The summed E-state index contributed by atoms with van der Waals surface area (Å²) in [6.07, 6.45) is 4.46. The highest BCUT2D eigenvalue weighted by Gasteiger charge is 2.25. The smallest absolute Gasteiger partial charge is 0.245 e. The van der Waals surface area contributed by atoms with Gasteiger partial charge in [-0.1, -0.05) is 24.6 Å². The lowest BCUT2D eigenvalue weighted by atomic mass is 9.96. The summed E-state index contributed by atoms with van der Waals surface area (Å²) in [6, 6.07) is 11.4. The van der Waals surface area contributed by atoms with Crippen LogP contribution < -0.4 is 15.2 Å². The molecule has 1 aliphatic heterocycles. The summed E-state index contributed by atoms with van der Waals surface area (Å²) in [5.74, 6) is 9.06. The van der Waals surface area contributed by atoms with Crippen molar-refractivity contribution in [1.29, 1.82) is 0 Å². The highest BCUT2D eigenvalue weighted by molar-refractivity contribution is 6.04. The average molecular weight is 551 g/mol. The van der Waals surface area contributed by atoms with E-state index in [0.717, 1.165) is 46.4 Å². The number of methoxy groups -OCH3 is 1. The van der Waals surface area contributed by atoms with Crippen LogP contribution in [0.15, 0.2) is 55.4 Å². The van der Waals surface area contributed by atoms with E-state index in [1.807, 2.05) is 42.2 Å². The first-order valence-corrected chi connectivity index (χ1v) is 13.7. The predicted molar refractivity (Wildman–Crippen MR) is 160 cm³/mol. The largest absolute Gasteiger partial charge is 0.493 e. The van der Waals surface area contributed by atoms with E-state index in [1.165, 1.54) is 12.4 Å². The summed E-state index contributed by atoms with van der Waals surface area (Å²) >= 11 is 0. The molecule has 41 heavy (non-hydrogen) atoms. The van der Waals surface area contributed by atoms with Crippen LogP contribution in [0.4, 0.5) is 5.82 Å². The highest BCUT2D eigenvalue weighted by atomic mass is 16.5. The molecule has 1 saturated heterocycles. The minimum atomic E-state index is -0.0350. The van der Waals surface area contributed by atoms with Gasteiger partial charge in [0, 0.05) is 42.4 Å². The van der Waals surface area contributed by atoms with E-state index < -0.39 is 0 Å². The molecule has 4 heterocycles. The topological polar surface area (TPSA) is 108 Å². The predicted octanol–water partition coefficient (Wildman–Crippen LogP) is 5.54. The van der Waals surface area contributed by atoms with E-state index in [4.69, 9.17) is 15.2 Å². The summed E-state index contributed by atoms with van der Waals surface area (Å²) in [5.41, 5.74) is 10.6. The number of likely N-dealkylation sites (tertiary alicyclic amines) is 1. The van der Waals surface area contributed by atoms with E-state index >= 15 is 0 Å². The van der Waals surface area contributed by atoms with Gasteiger partial charge in [-0.3, -0.25) is 4.79 Å². The molecule has 1 aliphatic rings. The van der Waals surface area contributed by atoms with Gasteiger partial charge >= 0.3 is 0 Å². The Kier molecular flexibility index (Phi) is 7.92. The molecule has 2 N–H and O–H groups in total. The Morgan fingerprint density at radius 1 is 1.17 bits per heavy atom. The number of piperidine rings is 1. The minimum absolute atomic E-state index is 0.0350. The number of aromatic nitrogens is 4. The molecule has 0 radical (unpaired) electrons. The molecule has 0 spiro atoms. The number of nitrogens with two attached hydrogens (primary N) is 1. The summed E-state index contributed by atoms with van der Waals surface area (Å²) < 4.78 is 13.9. The van der Waals surface area contributed by atoms with E-state index in [1.54, 1.807) is 13.2 Å². The van der Waals surface area contributed by atoms with Crippen LogP contribution in [0.5, 0.6) is 17.4 Å². The van der Waals surface area contributed by atoms with Crippen LogP contribution in [-0.2, 0) is 4.79 Å². The Balaban J connectivity index is 1.60. The fraction of sp³-hybridized carbons (Fsp3) is 0.312. The van der Waals surface area contributed by atoms with Gasteiger partial charge in [0.05, 0.1) is 12.5 Å². The van der Waals surface area contributed by atoms with Gasteiger partial charge in [0.15, 0.2) is 11.5 Å². The zero-order chi connectivity index (χ0) is 29.1. The quantitative estimate of drug-likeness (QED) is 0.248. The fourth-order valence-corrected chi connectivity index (χ4v) is 5.20. The first-order valence-electron chi connectivity index (χ1n) is 13.7. The van der Waals surface area contributed by atoms with Crippen LogP contribution in [0.25, 0.3) is 22.2 Å². The molecule has 1 aromatic carbocycles. The van der Waals surface area contributed by atoms with Crippen molar-refractivity contribution < 1.29 is 14.3 Å². The van der Waals surface area contributed by atoms with Gasteiger partial charge in [-0.05, 0) is 69.4 Å². The van der Waals surface area contributed by atoms with Gasteiger partial charge in [-0.25, -0.2) is 15.0 Å². The molecule has 9 heteroatoms. The maximum Gasteiger partial charge on any atom is 0.245 e. The van der Waals surface area contributed by atoms with Crippen LogP contribution >= 0.6 is 0 Å². The number of rotatable bonds is 6. The van der Waals surface area contributed by atoms with Gasteiger partial charge in [0.25, 0.3) is 0 Å². The Labute approximate surface area is 240 Å². The van der Waals surface area contributed by atoms with Gasteiger partial charge in [0.1, 0.15) is 23.5 Å². The molecule has 4 aromatic rings. The zero-order valence-corrected chi connectivity index (χ0v) is 23.8. The Bertz CT molecular complexity index is 1670. The molecule has 0 bridgehead atoms. The van der Waals surface area contributed by atoms with Gasteiger partial charge in [-0.15, -0.1) is 0 Å². The summed E-state index contributed by atoms with van der Waals surface area (Å²) in [5, 5.41) is 0.743. The standard InChI is InChI=1S/C32H34N6O3/c1-6-28(39)37-16-14-22(15-17-37)10-12-24-29(30-31(33)34-19-35-32(30)38(24)20(2)3)23-11-13-25(26(18-23)40-5)41-27-9-7-8-21(4)36-27/h6-9,11,13,18-20,22H,1,14-17H2,2-5H3,(H2,33,34,35). The number of carbonyl (C=O) groups excluding carboxylic acids is 1. The molecule has 1 amide bonds. The molecule has 0 unspecified atom stereocenters. The molecule has 3 aromatic heterocycles. The van der Waals surface area contributed by atoms with Crippen LogP contribution in [-0.4, -0.2) is 50.5 Å². The summed E-state index contributed by atoms with van der Waals surface area (Å²) in [7, 11) is 1.61. The lowest BCUT2D eigenvalue weighted by molar-refractivity contribution is -0.127. The zero-order valence-electron chi connectivity index (χ0n) is 23.8. The van der Waals surface area contributed by atoms with Crippen LogP contribution in [0.1, 0.15) is 44.1 Å². The summed E-state index contributed by atoms with van der Waals surface area (Å²) in [6.45, 7) is 11.0. The number of carbonyl (C=O) groups is 1. The molecule has 0 aliphatic carbocycles. The molecular weight excluding hydrogens is 516 g/mol. The van der Waals surface area contributed by atoms with Gasteiger partial charge < -0.3 is 24.7 Å². The van der Waals surface area contributed by atoms with E-state index in [-0.39, 0.29) is 17.9 Å². The second kappa shape index (κ2) is 11.7. The first-order chi connectivity index (χ1) is 19.8. The number of fused-ring (bicyclic) bond motifs is 1. The van der Waals surface area contributed by atoms with Crippen molar-refractivity contribution in [1.82, 2.24) is 24.4 Å². The Hall–Kier alpha value is -4.84. The highest BCUT2D eigenvalue weighted by Crippen LogP contribution is 2.42. The average Bonchev–Trinajstić information content (AvgIpc) is 3.32. The van der Waals surface area contributed by atoms with Crippen molar-refractivity contribution in [3.8, 4) is 40.3 Å². The SMILES string of the molecule is C=CC(=O)N1CCC(C#Cc2c(-c3ccc(Oc4cccc(C)n4)c(OC)c3)c3c(N)ncnc3n2C(C)C)CC1. The van der Waals surface area contributed by atoms with Crippen molar-refractivity contribution >= 4 is 22.8 Å². The fourth-order valence-electron chi connectivity index (χ4n) is 5.20. The molecule has 210 valence electrons. The molecular formula is C32H34N6O3. The second-order valence-corrected chi connectivity index (χ2v) is 10.3. The number of hydrogen-bond donors (Lipinski definition) is 1. The van der Waals surface area contributed by atoms with Crippen molar-refractivity contribution in [2.24, 2.45) is 5.92 Å². The normalized spacial score (nSPS) is 13.6. The number of nitrogen functional groups attached to an aromatic ring is 1. The van der Waals surface area contributed by atoms with Crippen molar-refractivity contribution in [3.05, 3.63) is 66.8 Å². The summed E-state index contributed by atoms with van der Waals surface area (Å²) in [4.78, 5) is 27.2. The second-order valence-electron chi connectivity index (χ2n) is 10.3. The lowest BCUT2D eigenvalue weighted by Crippen LogP contribution is -2.37. The maximum absolute atomic E-state index is 12.0.